The lowest BCUT2D eigenvalue weighted by Gasteiger charge is -2.05. The van der Waals surface area contributed by atoms with Crippen LogP contribution in [0.3, 0.4) is 0 Å². The van der Waals surface area contributed by atoms with Crippen LogP contribution in [-0.2, 0) is 7.05 Å². The standard InChI is InChI=1S/C13H13N3O3/c1-8-11(7-15-16(8)2)13(18)19-10-5-3-4-9(6-10)12(14)17/h3-7H,1-2H3,(H2,14,17). The van der Waals surface area contributed by atoms with E-state index in [0.29, 0.717) is 11.3 Å². The van der Waals surface area contributed by atoms with Crippen molar-refractivity contribution in [3.05, 3.63) is 47.3 Å². The van der Waals surface area contributed by atoms with Gasteiger partial charge in [-0.2, -0.15) is 5.10 Å². The van der Waals surface area contributed by atoms with Crippen LogP contribution in [0.2, 0.25) is 0 Å². The van der Waals surface area contributed by atoms with Gasteiger partial charge >= 0.3 is 5.97 Å². The minimum absolute atomic E-state index is 0.268. The Hall–Kier alpha value is -2.63. The Bertz CT molecular complexity index is 646. The van der Waals surface area contributed by atoms with Crippen molar-refractivity contribution in [2.75, 3.05) is 0 Å². The molecule has 98 valence electrons. The highest BCUT2D eigenvalue weighted by Gasteiger charge is 2.15. The molecule has 2 rings (SSSR count). The molecule has 0 aliphatic heterocycles. The molecule has 1 aromatic heterocycles. The first-order valence-electron chi connectivity index (χ1n) is 5.59. The topological polar surface area (TPSA) is 87.2 Å². The predicted molar refractivity (Wildman–Crippen MR) is 67.9 cm³/mol. The quantitative estimate of drug-likeness (QED) is 0.659. The summed E-state index contributed by atoms with van der Waals surface area (Å²) < 4.78 is 6.77. The van der Waals surface area contributed by atoms with Gasteiger partial charge in [0.1, 0.15) is 11.3 Å². The number of nitrogens with zero attached hydrogens (tertiary/aromatic N) is 2. The van der Waals surface area contributed by atoms with E-state index in [1.54, 1.807) is 36.9 Å². The van der Waals surface area contributed by atoms with Crippen LogP contribution in [0.1, 0.15) is 26.4 Å². The molecule has 2 aromatic rings. The van der Waals surface area contributed by atoms with Crippen molar-refractivity contribution in [3.63, 3.8) is 0 Å². The fourth-order valence-corrected chi connectivity index (χ4v) is 1.57. The van der Waals surface area contributed by atoms with Gasteiger partial charge in [-0.25, -0.2) is 4.79 Å². The number of ether oxygens (including phenoxy) is 1. The molecular formula is C13H13N3O3. The van der Waals surface area contributed by atoms with Crippen molar-refractivity contribution >= 4 is 11.9 Å². The summed E-state index contributed by atoms with van der Waals surface area (Å²) in [5.41, 5.74) is 6.53. The number of primary amides is 1. The zero-order valence-corrected chi connectivity index (χ0v) is 10.6. The molecular weight excluding hydrogens is 246 g/mol. The third-order valence-corrected chi connectivity index (χ3v) is 2.78. The minimum atomic E-state index is -0.574. The van der Waals surface area contributed by atoms with E-state index < -0.39 is 11.9 Å². The number of carbonyl (C=O) groups excluding carboxylic acids is 2. The fourth-order valence-electron chi connectivity index (χ4n) is 1.57. The molecule has 0 saturated carbocycles. The highest BCUT2D eigenvalue weighted by atomic mass is 16.5. The van der Waals surface area contributed by atoms with Gasteiger partial charge in [-0.3, -0.25) is 9.48 Å². The summed E-state index contributed by atoms with van der Waals surface area (Å²) in [6, 6.07) is 6.15. The van der Waals surface area contributed by atoms with Crippen LogP contribution in [0.15, 0.2) is 30.5 Å². The number of carbonyl (C=O) groups is 2. The van der Waals surface area contributed by atoms with E-state index in [0.717, 1.165) is 0 Å². The van der Waals surface area contributed by atoms with Crippen LogP contribution >= 0.6 is 0 Å². The zero-order chi connectivity index (χ0) is 14.0. The Kier molecular flexibility index (Phi) is 3.33. The third-order valence-electron chi connectivity index (χ3n) is 2.78. The van der Waals surface area contributed by atoms with Gasteiger partial charge in [0, 0.05) is 18.3 Å². The van der Waals surface area contributed by atoms with E-state index in [2.05, 4.69) is 5.10 Å². The van der Waals surface area contributed by atoms with E-state index in [1.807, 2.05) is 0 Å². The first kappa shape index (κ1) is 12.8. The third kappa shape index (κ3) is 2.62. The first-order chi connectivity index (χ1) is 8.99. The Morgan fingerprint density at radius 3 is 2.68 bits per heavy atom. The highest BCUT2D eigenvalue weighted by Crippen LogP contribution is 2.16. The molecule has 0 atom stereocenters. The summed E-state index contributed by atoms with van der Waals surface area (Å²) in [5, 5.41) is 3.97. The number of aryl methyl sites for hydroxylation is 1. The van der Waals surface area contributed by atoms with Crippen LogP contribution in [0.4, 0.5) is 0 Å². The molecule has 19 heavy (non-hydrogen) atoms. The Morgan fingerprint density at radius 2 is 2.11 bits per heavy atom. The van der Waals surface area contributed by atoms with Gasteiger partial charge in [0.15, 0.2) is 0 Å². The molecule has 0 bridgehead atoms. The lowest BCUT2D eigenvalue weighted by atomic mass is 10.2. The highest BCUT2D eigenvalue weighted by molar-refractivity contribution is 5.94. The largest absolute Gasteiger partial charge is 0.423 e. The number of hydrogen-bond donors (Lipinski definition) is 1. The van der Waals surface area contributed by atoms with Crippen LogP contribution in [0, 0.1) is 6.92 Å². The SMILES string of the molecule is Cc1c(C(=O)Oc2cccc(C(N)=O)c2)cnn1C. The van der Waals surface area contributed by atoms with E-state index in [1.165, 1.54) is 12.3 Å². The second-order valence-corrected chi connectivity index (χ2v) is 4.05. The Labute approximate surface area is 109 Å². The maximum atomic E-state index is 11.9. The Balaban J connectivity index is 2.22. The lowest BCUT2D eigenvalue weighted by Crippen LogP contribution is -2.13. The van der Waals surface area contributed by atoms with Crippen molar-refractivity contribution in [2.24, 2.45) is 12.8 Å². The molecule has 0 aliphatic carbocycles. The van der Waals surface area contributed by atoms with E-state index in [-0.39, 0.29) is 11.3 Å². The summed E-state index contributed by atoms with van der Waals surface area (Å²) in [5.74, 6) is -0.827. The predicted octanol–water partition coefficient (Wildman–Crippen LogP) is 1.05. The number of amides is 1. The van der Waals surface area contributed by atoms with Gasteiger partial charge in [-0.15, -0.1) is 0 Å². The second kappa shape index (κ2) is 4.93. The van der Waals surface area contributed by atoms with Crippen molar-refractivity contribution in [2.45, 2.75) is 6.92 Å². The second-order valence-electron chi connectivity index (χ2n) is 4.05. The number of benzene rings is 1. The van der Waals surface area contributed by atoms with E-state index >= 15 is 0 Å². The van der Waals surface area contributed by atoms with Crippen LogP contribution < -0.4 is 10.5 Å². The maximum absolute atomic E-state index is 11.9. The van der Waals surface area contributed by atoms with Crippen LogP contribution in [0.25, 0.3) is 0 Å². The van der Waals surface area contributed by atoms with Gasteiger partial charge in [0.05, 0.1) is 6.20 Å². The maximum Gasteiger partial charge on any atom is 0.347 e. The zero-order valence-electron chi connectivity index (χ0n) is 10.6. The molecule has 0 radical (unpaired) electrons. The molecule has 0 fully saturated rings. The summed E-state index contributed by atoms with van der Waals surface area (Å²) >= 11 is 0. The molecule has 0 aliphatic rings. The first-order valence-corrected chi connectivity index (χ1v) is 5.59. The van der Waals surface area contributed by atoms with Gasteiger partial charge in [0.25, 0.3) is 0 Å². The van der Waals surface area contributed by atoms with Gasteiger partial charge in [0.2, 0.25) is 5.91 Å². The van der Waals surface area contributed by atoms with Crippen molar-refractivity contribution in [1.29, 1.82) is 0 Å². The van der Waals surface area contributed by atoms with Crippen LogP contribution in [0.5, 0.6) is 5.75 Å². The average Bonchev–Trinajstić information content (AvgIpc) is 2.70. The molecule has 2 N–H and O–H groups in total. The van der Waals surface area contributed by atoms with Gasteiger partial charge in [-0.1, -0.05) is 6.07 Å². The average molecular weight is 259 g/mol. The monoisotopic (exact) mass is 259 g/mol. The number of aromatic nitrogens is 2. The van der Waals surface area contributed by atoms with E-state index in [9.17, 15) is 9.59 Å². The minimum Gasteiger partial charge on any atom is -0.423 e. The molecule has 0 unspecified atom stereocenters. The summed E-state index contributed by atoms with van der Waals surface area (Å²) in [6.07, 6.45) is 1.44. The summed E-state index contributed by atoms with van der Waals surface area (Å²) in [6.45, 7) is 1.77. The lowest BCUT2D eigenvalue weighted by molar-refractivity contribution is 0.0732. The molecule has 1 amide bonds. The molecule has 0 saturated heterocycles. The summed E-state index contributed by atoms with van der Waals surface area (Å²) in [4.78, 5) is 23.0. The molecule has 6 nitrogen and oxygen atoms in total. The smallest absolute Gasteiger partial charge is 0.347 e. The number of rotatable bonds is 3. The number of hydrogen-bond acceptors (Lipinski definition) is 4. The molecule has 6 heteroatoms. The van der Waals surface area contributed by atoms with Crippen molar-refractivity contribution < 1.29 is 14.3 Å². The van der Waals surface area contributed by atoms with Crippen molar-refractivity contribution in [3.8, 4) is 5.75 Å². The number of nitrogens with two attached hydrogens (primary N) is 1. The number of esters is 1. The van der Waals surface area contributed by atoms with Crippen LogP contribution in [-0.4, -0.2) is 21.7 Å². The summed E-state index contributed by atoms with van der Waals surface area (Å²) in [7, 11) is 1.74. The normalized spacial score (nSPS) is 10.2. The molecule has 0 spiro atoms. The Morgan fingerprint density at radius 1 is 1.37 bits per heavy atom. The molecule has 1 aromatic carbocycles. The fraction of sp³-hybridized carbons (Fsp3) is 0.154. The molecule has 1 heterocycles. The van der Waals surface area contributed by atoms with Gasteiger partial charge in [-0.05, 0) is 25.1 Å². The van der Waals surface area contributed by atoms with Gasteiger partial charge < -0.3 is 10.5 Å². The van der Waals surface area contributed by atoms with Crippen molar-refractivity contribution in [1.82, 2.24) is 9.78 Å². The van der Waals surface area contributed by atoms with E-state index in [4.69, 9.17) is 10.5 Å².